The van der Waals surface area contributed by atoms with Crippen molar-refractivity contribution < 1.29 is 0 Å². The van der Waals surface area contributed by atoms with Gasteiger partial charge in [0.05, 0.1) is 6.07 Å². The van der Waals surface area contributed by atoms with Crippen molar-refractivity contribution >= 4 is 11.8 Å². The minimum Gasteiger partial charge on any atom is -0.309 e. The summed E-state index contributed by atoms with van der Waals surface area (Å²) in [5.41, 5.74) is -0.402. The molecule has 0 aliphatic heterocycles. The highest BCUT2D eigenvalue weighted by atomic mass is 32.2. The van der Waals surface area contributed by atoms with E-state index in [1.54, 1.807) is 11.8 Å². The van der Waals surface area contributed by atoms with Crippen LogP contribution >= 0.6 is 11.8 Å². The fourth-order valence-corrected chi connectivity index (χ4v) is 3.28. The van der Waals surface area contributed by atoms with Gasteiger partial charge in [0.15, 0.2) is 5.16 Å². The van der Waals surface area contributed by atoms with Gasteiger partial charge < -0.3 is 4.57 Å². The summed E-state index contributed by atoms with van der Waals surface area (Å²) in [6, 6.07) is 2.52. The van der Waals surface area contributed by atoms with Crippen molar-refractivity contribution in [2.75, 3.05) is 12.3 Å². The van der Waals surface area contributed by atoms with E-state index < -0.39 is 5.54 Å². The number of nitrogens with zero attached hydrogens (tertiary/aromatic N) is 4. The van der Waals surface area contributed by atoms with Gasteiger partial charge in [0.25, 0.3) is 0 Å². The van der Waals surface area contributed by atoms with Gasteiger partial charge in [0.2, 0.25) is 0 Å². The Kier molecular flexibility index (Phi) is 4.48. The van der Waals surface area contributed by atoms with Crippen LogP contribution in [0.15, 0.2) is 5.16 Å². The maximum absolute atomic E-state index is 9.60. The van der Waals surface area contributed by atoms with Crippen molar-refractivity contribution in [3.05, 3.63) is 5.82 Å². The third kappa shape index (κ3) is 3.10. The molecule has 1 fully saturated rings. The first-order valence-corrected chi connectivity index (χ1v) is 7.76. The predicted octanol–water partition coefficient (Wildman–Crippen LogP) is 1.89. The van der Waals surface area contributed by atoms with Crippen molar-refractivity contribution in [1.82, 2.24) is 20.1 Å². The topological polar surface area (TPSA) is 66.5 Å². The number of hydrogen-bond donors (Lipinski definition) is 1. The van der Waals surface area contributed by atoms with Crippen LogP contribution in [0.25, 0.3) is 0 Å². The molecule has 0 spiro atoms. The second-order valence-electron chi connectivity index (χ2n) is 5.16. The molecule has 1 atom stereocenters. The van der Waals surface area contributed by atoms with E-state index in [1.165, 1.54) is 0 Å². The standard InChI is InChI=1S/C13H21N5S/c1-4-7-15-13(8-14,11-5-6-11)9-19-12-17-16-10(2)18(12)3/h11,15H,4-7,9H2,1-3H3. The molecule has 0 bridgehead atoms. The molecule has 0 radical (unpaired) electrons. The Hall–Kier alpha value is -1.06. The second kappa shape index (κ2) is 5.93. The van der Waals surface area contributed by atoms with Crippen LogP contribution in [0.3, 0.4) is 0 Å². The molecular weight excluding hydrogens is 258 g/mol. The molecule has 1 heterocycles. The van der Waals surface area contributed by atoms with Gasteiger partial charge in [-0.25, -0.2) is 0 Å². The van der Waals surface area contributed by atoms with Gasteiger partial charge in [-0.15, -0.1) is 10.2 Å². The molecule has 1 unspecified atom stereocenters. The van der Waals surface area contributed by atoms with Gasteiger partial charge in [-0.1, -0.05) is 18.7 Å². The molecule has 0 saturated heterocycles. The number of hydrogen-bond acceptors (Lipinski definition) is 5. The van der Waals surface area contributed by atoms with Crippen molar-refractivity contribution in [2.24, 2.45) is 13.0 Å². The molecule has 6 heteroatoms. The van der Waals surface area contributed by atoms with E-state index in [9.17, 15) is 5.26 Å². The smallest absolute Gasteiger partial charge is 0.191 e. The van der Waals surface area contributed by atoms with Crippen molar-refractivity contribution in [1.29, 1.82) is 5.26 Å². The van der Waals surface area contributed by atoms with E-state index in [-0.39, 0.29) is 0 Å². The second-order valence-corrected chi connectivity index (χ2v) is 6.10. The summed E-state index contributed by atoms with van der Waals surface area (Å²) >= 11 is 1.62. The lowest BCUT2D eigenvalue weighted by molar-refractivity contribution is 0.405. The zero-order chi connectivity index (χ0) is 13.9. The third-order valence-corrected chi connectivity index (χ3v) is 4.86. The molecule has 1 aromatic rings. The van der Waals surface area contributed by atoms with Crippen LogP contribution in [0.1, 0.15) is 32.0 Å². The molecule has 0 aromatic carbocycles. The Morgan fingerprint density at radius 3 is 2.74 bits per heavy atom. The Balaban J connectivity index is 2.04. The molecule has 19 heavy (non-hydrogen) atoms. The SMILES string of the molecule is CCCNC(C#N)(CSc1nnc(C)n1C)C1CC1. The molecule has 1 aliphatic carbocycles. The summed E-state index contributed by atoms with van der Waals surface area (Å²) in [6.07, 6.45) is 3.36. The van der Waals surface area contributed by atoms with Crippen LogP contribution in [0.4, 0.5) is 0 Å². The van der Waals surface area contributed by atoms with Gasteiger partial charge >= 0.3 is 0 Å². The van der Waals surface area contributed by atoms with Gasteiger partial charge in [-0.2, -0.15) is 5.26 Å². The average Bonchev–Trinajstić information content (AvgIpc) is 3.22. The van der Waals surface area contributed by atoms with Gasteiger partial charge in [0.1, 0.15) is 11.4 Å². The zero-order valence-electron chi connectivity index (χ0n) is 11.8. The lowest BCUT2D eigenvalue weighted by atomic mass is 9.97. The predicted molar refractivity (Wildman–Crippen MR) is 75.8 cm³/mol. The normalized spacial score (nSPS) is 18.0. The number of nitriles is 1. The lowest BCUT2D eigenvalue weighted by Crippen LogP contribution is -2.48. The molecule has 1 saturated carbocycles. The monoisotopic (exact) mass is 279 g/mol. The van der Waals surface area contributed by atoms with Crippen LogP contribution in [-0.2, 0) is 7.05 Å². The fraction of sp³-hybridized carbons (Fsp3) is 0.769. The Bertz CT molecular complexity index is 474. The van der Waals surface area contributed by atoms with Crippen LogP contribution in [-0.4, -0.2) is 32.6 Å². The van der Waals surface area contributed by atoms with E-state index in [0.29, 0.717) is 5.92 Å². The van der Waals surface area contributed by atoms with Crippen LogP contribution in [0.2, 0.25) is 0 Å². The number of rotatable bonds is 7. The Labute approximate surface area is 118 Å². The summed E-state index contributed by atoms with van der Waals surface area (Å²) in [4.78, 5) is 0. The molecule has 1 aliphatic rings. The third-order valence-electron chi connectivity index (χ3n) is 3.65. The van der Waals surface area contributed by atoms with E-state index >= 15 is 0 Å². The quantitative estimate of drug-likeness (QED) is 0.772. The van der Waals surface area contributed by atoms with E-state index in [2.05, 4.69) is 28.5 Å². The number of aryl methyl sites for hydroxylation is 1. The molecular formula is C13H21N5S. The first-order valence-electron chi connectivity index (χ1n) is 6.78. The minimum atomic E-state index is -0.402. The Morgan fingerprint density at radius 2 is 2.26 bits per heavy atom. The number of aromatic nitrogens is 3. The number of nitrogens with one attached hydrogen (secondary N) is 1. The molecule has 1 aromatic heterocycles. The largest absolute Gasteiger partial charge is 0.309 e. The van der Waals surface area contributed by atoms with Gasteiger partial charge in [0, 0.05) is 12.8 Å². The van der Waals surface area contributed by atoms with Crippen LogP contribution in [0.5, 0.6) is 0 Å². The first-order chi connectivity index (χ1) is 9.13. The summed E-state index contributed by atoms with van der Waals surface area (Å²) in [6.45, 7) is 4.95. The summed E-state index contributed by atoms with van der Waals surface area (Å²) < 4.78 is 1.97. The van der Waals surface area contributed by atoms with Gasteiger partial charge in [-0.05, 0) is 38.6 Å². The average molecular weight is 279 g/mol. The maximum atomic E-state index is 9.60. The molecule has 0 amide bonds. The molecule has 2 rings (SSSR count). The fourth-order valence-electron chi connectivity index (χ4n) is 2.09. The van der Waals surface area contributed by atoms with Crippen LogP contribution in [0, 0.1) is 24.2 Å². The zero-order valence-corrected chi connectivity index (χ0v) is 12.6. The van der Waals surface area contributed by atoms with Gasteiger partial charge in [-0.3, -0.25) is 5.32 Å². The maximum Gasteiger partial charge on any atom is 0.191 e. The highest BCUT2D eigenvalue weighted by Crippen LogP contribution is 2.41. The first kappa shape index (κ1) is 14.4. The number of thioether (sulfide) groups is 1. The lowest BCUT2D eigenvalue weighted by Gasteiger charge is -2.27. The minimum absolute atomic E-state index is 0.402. The van der Waals surface area contributed by atoms with Crippen LogP contribution < -0.4 is 5.32 Å². The summed E-state index contributed by atoms with van der Waals surface area (Å²) in [5.74, 6) is 2.13. The van der Waals surface area contributed by atoms with Crippen molar-refractivity contribution in [3.63, 3.8) is 0 Å². The summed E-state index contributed by atoms with van der Waals surface area (Å²) in [7, 11) is 1.96. The Morgan fingerprint density at radius 1 is 1.53 bits per heavy atom. The molecule has 104 valence electrons. The summed E-state index contributed by atoms with van der Waals surface area (Å²) in [5, 5.41) is 22.1. The van der Waals surface area contributed by atoms with Crippen molar-refractivity contribution in [3.8, 4) is 6.07 Å². The molecule has 1 N–H and O–H groups in total. The van der Waals surface area contributed by atoms with E-state index in [4.69, 9.17) is 0 Å². The van der Waals surface area contributed by atoms with Crippen molar-refractivity contribution in [2.45, 2.75) is 43.8 Å². The highest BCUT2D eigenvalue weighted by molar-refractivity contribution is 7.99. The van der Waals surface area contributed by atoms with E-state index in [1.807, 2.05) is 18.5 Å². The van der Waals surface area contributed by atoms with E-state index in [0.717, 1.165) is 42.5 Å². The highest BCUT2D eigenvalue weighted by Gasteiger charge is 2.45. The molecule has 5 nitrogen and oxygen atoms in total.